The molecule has 23 heavy (non-hydrogen) atoms. The molecule has 0 aromatic heterocycles. The van der Waals surface area contributed by atoms with Crippen LogP contribution in [0.3, 0.4) is 0 Å². The van der Waals surface area contributed by atoms with E-state index in [0.29, 0.717) is 0 Å². The van der Waals surface area contributed by atoms with E-state index in [1.807, 2.05) is 6.07 Å². The van der Waals surface area contributed by atoms with Crippen molar-refractivity contribution in [3.8, 4) is 11.1 Å². The Morgan fingerprint density at radius 1 is 0.696 bits per heavy atom. The van der Waals surface area contributed by atoms with Crippen LogP contribution in [0.25, 0.3) is 11.1 Å². The summed E-state index contributed by atoms with van der Waals surface area (Å²) in [5.74, 6) is 0. The maximum atomic E-state index is 4.89. The van der Waals surface area contributed by atoms with Crippen LogP contribution < -0.4 is 5.32 Å². The molecule has 3 aromatic carbocycles. The lowest BCUT2D eigenvalue weighted by atomic mass is 9.92. The minimum Gasteiger partial charge on any atom is -0.363 e. The van der Waals surface area contributed by atoms with Gasteiger partial charge < -0.3 is 5.32 Å². The Balaban J connectivity index is 1.92. The lowest BCUT2D eigenvalue weighted by molar-refractivity contribution is 0.843. The summed E-state index contributed by atoms with van der Waals surface area (Å²) in [7, 11) is 0. The highest BCUT2D eigenvalue weighted by molar-refractivity contribution is 6.19. The van der Waals surface area contributed by atoms with Gasteiger partial charge in [-0.3, -0.25) is 4.99 Å². The maximum absolute atomic E-state index is 4.89. The molecule has 0 bridgehead atoms. The number of hydrogen-bond acceptors (Lipinski definition) is 2. The van der Waals surface area contributed by atoms with Gasteiger partial charge in [-0.25, -0.2) is 0 Å². The molecular weight excluding hydrogens is 280 g/mol. The summed E-state index contributed by atoms with van der Waals surface area (Å²) in [4.78, 5) is 4.89. The van der Waals surface area contributed by atoms with Crippen LogP contribution in [0.2, 0.25) is 0 Å². The summed E-state index contributed by atoms with van der Waals surface area (Å²) >= 11 is 0. The summed E-state index contributed by atoms with van der Waals surface area (Å²) in [6, 6.07) is 27.4. The number of benzene rings is 3. The highest BCUT2D eigenvalue weighted by Crippen LogP contribution is 2.31. The van der Waals surface area contributed by atoms with Crippen molar-refractivity contribution in [3.63, 3.8) is 0 Å². The molecule has 4 rings (SSSR count). The zero-order chi connectivity index (χ0) is 15.6. The maximum Gasteiger partial charge on any atom is 0.116 e. The molecule has 1 aliphatic rings. The van der Waals surface area contributed by atoms with E-state index in [-0.39, 0.29) is 6.17 Å². The van der Waals surface area contributed by atoms with E-state index in [1.165, 1.54) is 16.7 Å². The largest absolute Gasteiger partial charge is 0.363 e. The van der Waals surface area contributed by atoms with Crippen molar-refractivity contribution in [2.45, 2.75) is 13.1 Å². The van der Waals surface area contributed by atoms with Gasteiger partial charge in [0.1, 0.15) is 6.17 Å². The van der Waals surface area contributed by atoms with Crippen molar-refractivity contribution >= 4 is 11.4 Å². The third-order valence-electron chi connectivity index (χ3n) is 4.14. The van der Waals surface area contributed by atoms with Crippen molar-refractivity contribution in [1.82, 2.24) is 0 Å². The molecule has 0 saturated heterocycles. The van der Waals surface area contributed by atoms with Crippen molar-refractivity contribution in [1.29, 1.82) is 0 Å². The molecule has 2 nitrogen and oxygen atoms in total. The Bertz CT molecular complexity index is 866. The molecule has 1 aliphatic heterocycles. The summed E-state index contributed by atoms with van der Waals surface area (Å²) in [6.45, 7) is 2.08. The SMILES string of the molecule is CC1N=C(c2ccccc2-c2ccccc2)c2ccccc2N1. The van der Waals surface area contributed by atoms with Gasteiger partial charge in [0.2, 0.25) is 0 Å². The molecule has 2 heteroatoms. The molecule has 0 amide bonds. The fourth-order valence-corrected chi connectivity index (χ4v) is 3.11. The van der Waals surface area contributed by atoms with Crippen LogP contribution in [-0.2, 0) is 0 Å². The number of aliphatic imine (C=N–C) groups is 1. The number of anilines is 1. The fourth-order valence-electron chi connectivity index (χ4n) is 3.11. The second-order valence-corrected chi connectivity index (χ2v) is 5.76. The molecular formula is C21H18N2. The first-order valence-corrected chi connectivity index (χ1v) is 7.91. The first-order chi connectivity index (χ1) is 11.3. The third kappa shape index (κ3) is 2.53. The molecule has 3 aromatic rings. The van der Waals surface area contributed by atoms with Gasteiger partial charge in [0.25, 0.3) is 0 Å². The Morgan fingerprint density at radius 2 is 1.30 bits per heavy atom. The van der Waals surface area contributed by atoms with E-state index >= 15 is 0 Å². The molecule has 0 spiro atoms. The molecule has 1 heterocycles. The van der Waals surface area contributed by atoms with E-state index < -0.39 is 0 Å². The van der Waals surface area contributed by atoms with Crippen LogP contribution in [0.1, 0.15) is 18.1 Å². The summed E-state index contributed by atoms with van der Waals surface area (Å²) in [5, 5.41) is 3.43. The first kappa shape index (κ1) is 13.8. The van der Waals surface area contributed by atoms with E-state index in [2.05, 4.69) is 85.0 Å². The molecule has 0 saturated carbocycles. The molecule has 1 atom stereocenters. The third-order valence-corrected chi connectivity index (χ3v) is 4.14. The molecule has 1 N–H and O–H groups in total. The normalized spacial score (nSPS) is 16.2. The van der Waals surface area contributed by atoms with Crippen molar-refractivity contribution in [2.75, 3.05) is 5.32 Å². The Labute approximate surface area is 136 Å². The Kier molecular flexibility index (Phi) is 3.43. The van der Waals surface area contributed by atoms with E-state index in [0.717, 1.165) is 17.0 Å². The minimum atomic E-state index is 0.0729. The van der Waals surface area contributed by atoms with Crippen LogP contribution in [0.4, 0.5) is 5.69 Å². The van der Waals surface area contributed by atoms with Gasteiger partial charge in [0.15, 0.2) is 0 Å². The highest BCUT2D eigenvalue weighted by atomic mass is 15.1. The average molecular weight is 298 g/mol. The number of fused-ring (bicyclic) bond motifs is 1. The van der Waals surface area contributed by atoms with E-state index in [1.54, 1.807) is 0 Å². The monoisotopic (exact) mass is 298 g/mol. The van der Waals surface area contributed by atoms with Crippen LogP contribution in [0.15, 0.2) is 83.9 Å². The summed E-state index contributed by atoms with van der Waals surface area (Å²) in [6.07, 6.45) is 0.0729. The van der Waals surface area contributed by atoms with E-state index in [9.17, 15) is 0 Å². The summed E-state index contributed by atoms with van der Waals surface area (Å²) in [5.41, 5.74) is 6.98. The zero-order valence-electron chi connectivity index (χ0n) is 13.0. The van der Waals surface area contributed by atoms with Crippen molar-refractivity contribution in [3.05, 3.63) is 90.0 Å². The van der Waals surface area contributed by atoms with Crippen molar-refractivity contribution < 1.29 is 0 Å². The summed E-state index contributed by atoms with van der Waals surface area (Å²) < 4.78 is 0. The van der Waals surface area contributed by atoms with Crippen LogP contribution >= 0.6 is 0 Å². The highest BCUT2D eigenvalue weighted by Gasteiger charge is 2.20. The topological polar surface area (TPSA) is 24.4 Å². The number of nitrogens with one attached hydrogen (secondary N) is 1. The van der Waals surface area contributed by atoms with Gasteiger partial charge >= 0.3 is 0 Å². The minimum absolute atomic E-state index is 0.0729. The van der Waals surface area contributed by atoms with Crippen molar-refractivity contribution in [2.24, 2.45) is 4.99 Å². The first-order valence-electron chi connectivity index (χ1n) is 7.91. The zero-order valence-corrected chi connectivity index (χ0v) is 13.0. The van der Waals surface area contributed by atoms with Crippen LogP contribution in [0, 0.1) is 0 Å². The second-order valence-electron chi connectivity index (χ2n) is 5.76. The van der Waals surface area contributed by atoms with Gasteiger partial charge in [0.05, 0.1) is 5.71 Å². The predicted molar refractivity (Wildman–Crippen MR) is 97.0 cm³/mol. The van der Waals surface area contributed by atoms with E-state index in [4.69, 9.17) is 4.99 Å². The van der Waals surface area contributed by atoms with Gasteiger partial charge in [-0.15, -0.1) is 0 Å². The quantitative estimate of drug-likeness (QED) is 0.710. The van der Waals surface area contributed by atoms with Gasteiger partial charge in [-0.05, 0) is 24.1 Å². The number of hydrogen-bond donors (Lipinski definition) is 1. The van der Waals surface area contributed by atoms with Crippen LogP contribution in [0.5, 0.6) is 0 Å². The second kappa shape index (κ2) is 5.73. The lowest BCUT2D eigenvalue weighted by Gasteiger charge is -2.24. The smallest absolute Gasteiger partial charge is 0.116 e. The number of para-hydroxylation sites is 1. The van der Waals surface area contributed by atoms with Gasteiger partial charge in [0, 0.05) is 16.8 Å². The Morgan fingerprint density at radius 3 is 2.09 bits per heavy atom. The predicted octanol–water partition coefficient (Wildman–Crippen LogP) is 4.96. The standard InChI is InChI=1S/C21H18N2/c1-15-22-20-14-8-7-13-19(20)21(23-15)18-12-6-5-11-17(18)16-9-3-2-4-10-16/h2-15,22H,1H3. The Hall–Kier alpha value is -2.87. The molecule has 112 valence electrons. The molecule has 0 fully saturated rings. The molecule has 0 radical (unpaired) electrons. The van der Waals surface area contributed by atoms with Gasteiger partial charge in [-0.2, -0.15) is 0 Å². The lowest BCUT2D eigenvalue weighted by Crippen LogP contribution is -2.24. The average Bonchev–Trinajstić information content (AvgIpc) is 2.62. The number of rotatable bonds is 2. The fraction of sp³-hybridized carbons (Fsp3) is 0.0952. The van der Waals surface area contributed by atoms with Gasteiger partial charge in [-0.1, -0.05) is 72.8 Å². The molecule has 1 unspecified atom stereocenters. The number of nitrogens with zero attached hydrogens (tertiary/aromatic N) is 1. The van der Waals surface area contributed by atoms with Crippen LogP contribution in [-0.4, -0.2) is 11.9 Å². The molecule has 0 aliphatic carbocycles.